The Morgan fingerprint density at radius 3 is 2.71 bits per heavy atom. The van der Waals surface area contributed by atoms with Gasteiger partial charge in [-0.05, 0) is 12.1 Å². The zero-order valence-electron chi connectivity index (χ0n) is 8.74. The van der Waals surface area contributed by atoms with Crippen molar-refractivity contribution in [1.82, 2.24) is 0 Å². The summed E-state index contributed by atoms with van der Waals surface area (Å²) in [6.45, 7) is 0. The zero-order valence-corrected chi connectivity index (χ0v) is 11.2. The number of hydrogen-bond acceptors (Lipinski definition) is 4. The highest BCUT2D eigenvalue weighted by atomic mass is 32.2. The lowest BCUT2D eigenvalue weighted by atomic mass is 10.2. The Labute approximate surface area is 109 Å². The van der Waals surface area contributed by atoms with E-state index in [9.17, 15) is 8.42 Å². The van der Waals surface area contributed by atoms with E-state index in [4.69, 9.17) is 12.2 Å². The summed E-state index contributed by atoms with van der Waals surface area (Å²) in [6.07, 6.45) is 0. The van der Waals surface area contributed by atoms with Crippen LogP contribution < -0.4 is 4.90 Å². The standard InChI is InChI=1S/C11H9NO2S3/c13-17(14)6-9-10(7-17)16-11(15)12(9)8-4-2-1-3-5-8/h1-6,10H,7H2/t10-/m1/s1. The second-order valence-corrected chi connectivity index (χ2v) is 7.65. The highest BCUT2D eigenvalue weighted by Crippen LogP contribution is 2.42. The molecule has 17 heavy (non-hydrogen) atoms. The summed E-state index contributed by atoms with van der Waals surface area (Å²) in [6, 6.07) is 9.62. The average molecular weight is 283 g/mol. The van der Waals surface area contributed by atoms with Crippen molar-refractivity contribution in [3.8, 4) is 0 Å². The number of anilines is 1. The number of nitrogens with zero attached hydrogens (tertiary/aromatic N) is 1. The van der Waals surface area contributed by atoms with Gasteiger partial charge in [-0.25, -0.2) is 8.42 Å². The normalized spacial score (nSPS) is 25.9. The first kappa shape index (κ1) is 11.3. The number of thioether (sulfide) groups is 1. The van der Waals surface area contributed by atoms with Crippen LogP contribution in [0.4, 0.5) is 5.69 Å². The second-order valence-electron chi connectivity index (χ2n) is 3.92. The van der Waals surface area contributed by atoms with E-state index < -0.39 is 9.84 Å². The van der Waals surface area contributed by atoms with Crippen molar-refractivity contribution in [2.24, 2.45) is 0 Å². The van der Waals surface area contributed by atoms with Gasteiger partial charge < -0.3 is 0 Å². The largest absolute Gasteiger partial charge is 0.298 e. The first-order valence-corrected chi connectivity index (χ1v) is 8.07. The summed E-state index contributed by atoms with van der Waals surface area (Å²) < 4.78 is 23.9. The molecule has 0 radical (unpaired) electrons. The van der Waals surface area contributed by atoms with Crippen molar-refractivity contribution in [2.45, 2.75) is 5.25 Å². The molecule has 1 aromatic rings. The molecule has 0 saturated carbocycles. The lowest BCUT2D eigenvalue weighted by molar-refractivity contribution is 0.606. The van der Waals surface area contributed by atoms with E-state index in [0.29, 0.717) is 0 Å². The van der Waals surface area contributed by atoms with Gasteiger partial charge in [-0.2, -0.15) is 0 Å². The fraction of sp³-hybridized carbons (Fsp3) is 0.182. The van der Waals surface area contributed by atoms with Gasteiger partial charge in [-0.15, -0.1) is 0 Å². The van der Waals surface area contributed by atoms with Crippen LogP contribution in [0.25, 0.3) is 0 Å². The van der Waals surface area contributed by atoms with Crippen LogP contribution in [0.15, 0.2) is 41.4 Å². The molecule has 2 aliphatic rings. The zero-order chi connectivity index (χ0) is 12.0. The number of hydrogen-bond donors (Lipinski definition) is 0. The van der Waals surface area contributed by atoms with Crippen molar-refractivity contribution < 1.29 is 8.42 Å². The molecule has 6 heteroatoms. The van der Waals surface area contributed by atoms with Gasteiger partial charge in [0.05, 0.1) is 22.1 Å². The minimum absolute atomic E-state index is 0.0345. The van der Waals surface area contributed by atoms with E-state index in [-0.39, 0.29) is 11.0 Å². The first-order valence-electron chi connectivity index (χ1n) is 5.07. The monoisotopic (exact) mass is 283 g/mol. The van der Waals surface area contributed by atoms with Gasteiger partial charge in [-0.3, -0.25) is 4.90 Å². The second kappa shape index (κ2) is 3.83. The predicted octanol–water partition coefficient (Wildman–Crippen LogP) is 2.16. The van der Waals surface area contributed by atoms with Crippen LogP contribution in [0, 0.1) is 0 Å². The van der Waals surface area contributed by atoms with Gasteiger partial charge in [-0.1, -0.05) is 42.2 Å². The molecule has 0 amide bonds. The molecular formula is C11H9NO2S3. The highest BCUT2D eigenvalue weighted by Gasteiger charge is 2.41. The number of fused-ring (bicyclic) bond motifs is 1. The van der Waals surface area contributed by atoms with Crippen molar-refractivity contribution >= 4 is 43.8 Å². The molecule has 1 saturated heterocycles. The Kier molecular flexibility index (Phi) is 2.53. The maximum Gasteiger partial charge on any atom is 0.174 e. The minimum atomic E-state index is -3.05. The van der Waals surface area contributed by atoms with Crippen molar-refractivity contribution in [3.05, 3.63) is 41.4 Å². The van der Waals surface area contributed by atoms with Gasteiger partial charge in [0.15, 0.2) is 9.84 Å². The molecule has 0 unspecified atom stereocenters. The van der Waals surface area contributed by atoms with Crippen molar-refractivity contribution in [2.75, 3.05) is 10.7 Å². The number of rotatable bonds is 1. The number of thiocarbonyl (C=S) groups is 1. The van der Waals surface area contributed by atoms with Crippen LogP contribution >= 0.6 is 24.0 Å². The van der Waals surface area contributed by atoms with Gasteiger partial charge in [0.1, 0.15) is 4.32 Å². The first-order chi connectivity index (χ1) is 8.07. The van der Waals surface area contributed by atoms with E-state index in [2.05, 4.69) is 0 Å². The quantitative estimate of drug-likeness (QED) is 0.738. The SMILES string of the molecule is O=S1(=O)C=C2[C@@H](C1)SC(=S)N2c1ccccc1. The van der Waals surface area contributed by atoms with Crippen LogP contribution in [0.1, 0.15) is 0 Å². The molecule has 3 rings (SSSR count). The van der Waals surface area contributed by atoms with Crippen molar-refractivity contribution in [3.63, 3.8) is 0 Å². The topological polar surface area (TPSA) is 37.4 Å². The fourth-order valence-corrected chi connectivity index (χ4v) is 5.67. The van der Waals surface area contributed by atoms with Crippen molar-refractivity contribution in [1.29, 1.82) is 0 Å². The molecule has 1 fully saturated rings. The molecule has 2 aliphatic heterocycles. The minimum Gasteiger partial charge on any atom is -0.298 e. The fourth-order valence-electron chi connectivity index (χ4n) is 2.01. The molecule has 0 N–H and O–H groups in total. The molecule has 1 atom stereocenters. The molecule has 2 heterocycles. The predicted molar refractivity (Wildman–Crippen MR) is 74.8 cm³/mol. The summed E-state index contributed by atoms with van der Waals surface area (Å²) in [7, 11) is -3.05. The number of benzene rings is 1. The van der Waals surface area contributed by atoms with Crippen LogP contribution in [0.3, 0.4) is 0 Å². The summed E-state index contributed by atoms with van der Waals surface area (Å²) in [5.74, 6) is 0.163. The average Bonchev–Trinajstić information content (AvgIpc) is 2.69. The third-order valence-corrected chi connectivity index (χ3v) is 5.87. The van der Waals surface area contributed by atoms with Gasteiger partial charge in [0.2, 0.25) is 0 Å². The maximum absolute atomic E-state index is 11.6. The molecule has 0 aromatic heterocycles. The number of para-hydroxylation sites is 1. The van der Waals surface area contributed by atoms with Gasteiger partial charge in [0, 0.05) is 5.69 Å². The summed E-state index contributed by atoms with van der Waals surface area (Å²) >= 11 is 6.76. The highest BCUT2D eigenvalue weighted by molar-refractivity contribution is 8.24. The lowest BCUT2D eigenvalue weighted by Gasteiger charge is -2.18. The number of sulfone groups is 1. The van der Waals surface area contributed by atoms with Gasteiger partial charge >= 0.3 is 0 Å². The Morgan fingerprint density at radius 1 is 1.29 bits per heavy atom. The molecule has 0 bridgehead atoms. The Balaban J connectivity index is 2.09. The lowest BCUT2D eigenvalue weighted by Crippen LogP contribution is -2.20. The smallest absolute Gasteiger partial charge is 0.174 e. The molecule has 88 valence electrons. The molecule has 0 spiro atoms. The Bertz CT molecular complexity index is 607. The maximum atomic E-state index is 11.6. The van der Waals surface area contributed by atoms with E-state index in [1.165, 1.54) is 17.2 Å². The molecular weight excluding hydrogens is 274 g/mol. The van der Waals surface area contributed by atoms with E-state index in [1.54, 1.807) is 0 Å². The van der Waals surface area contributed by atoms with Gasteiger partial charge in [0.25, 0.3) is 0 Å². The van der Waals surface area contributed by atoms with Crippen LogP contribution in [-0.4, -0.2) is 23.7 Å². The van der Waals surface area contributed by atoms with Crippen LogP contribution in [0.2, 0.25) is 0 Å². The molecule has 3 nitrogen and oxygen atoms in total. The molecule has 0 aliphatic carbocycles. The summed E-state index contributed by atoms with van der Waals surface area (Å²) in [4.78, 5) is 1.86. The van der Waals surface area contributed by atoms with E-state index in [0.717, 1.165) is 15.7 Å². The van der Waals surface area contributed by atoms with E-state index in [1.807, 2.05) is 35.2 Å². The van der Waals surface area contributed by atoms with Crippen LogP contribution in [0.5, 0.6) is 0 Å². The van der Waals surface area contributed by atoms with Crippen LogP contribution in [-0.2, 0) is 9.84 Å². The third kappa shape index (κ3) is 1.90. The third-order valence-electron chi connectivity index (χ3n) is 2.71. The Hall–Kier alpha value is -0.850. The summed E-state index contributed by atoms with van der Waals surface area (Å²) in [5, 5.41) is 1.32. The van der Waals surface area contributed by atoms with E-state index >= 15 is 0 Å². The molecule has 1 aromatic carbocycles. The summed E-state index contributed by atoms with van der Waals surface area (Å²) in [5.41, 5.74) is 1.72. The Morgan fingerprint density at radius 2 is 2.00 bits per heavy atom.